The quantitative estimate of drug-likeness (QED) is 0.0786. The number of amides is 11. The van der Waals surface area contributed by atoms with Gasteiger partial charge in [0.15, 0.2) is 0 Å². The number of carbonyl (C=O) groups excluding carboxylic acids is 11. The fraction of sp³-hybridized carbons (Fsp3) is 0.627. The van der Waals surface area contributed by atoms with Crippen molar-refractivity contribution in [2.75, 3.05) is 45.1 Å². The summed E-state index contributed by atoms with van der Waals surface area (Å²) < 4.78 is 25.3. The van der Waals surface area contributed by atoms with Gasteiger partial charge in [-0.15, -0.1) is 0 Å². The first-order valence-corrected chi connectivity index (χ1v) is 28.1. The minimum Gasteiger partial charge on any atom is -0.508 e. The van der Waals surface area contributed by atoms with E-state index in [0.29, 0.717) is 38.6 Å². The first kappa shape index (κ1) is 64.2. The van der Waals surface area contributed by atoms with E-state index in [0.717, 1.165) is 4.90 Å². The third-order valence-corrected chi connectivity index (χ3v) is 15.2. The van der Waals surface area contributed by atoms with Crippen molar-refractivity contribution in [3.8, 4) is 5.75 Å². The molecule has 30 heteroatoms. The zero-order valence-corrected chi connectivity index (χ0v) is 46.9. The van der Waals surface area contributed by atoms with E-state index in [9.17, 15) is 72.3 Å². The molecule has 11 atom stereocenters. The number of aromatic amines is 1. The molecule has 11 amide bonds. The lowest BCUT2D eigenvalue weighted by Gasteiger charge is -2.33. The van der Waals surface area contributed by atoms with Crippen LogP contribution < -0.4 is 53.6 Å². The summed E-state index contributed by atoms with van der Waals surface area (Å²) in [6.45, 7) is 7.58. The lowest BCUT2D eigenvalue weighted by atomic mass is 9.93. The van der Waals surface area contributed by atoms with Gasteiger partial charge in [0, 0.05) is 49.8 Å². The number of nitrogens with one attached hydrogen (secondary N) is 10. The number of primary amides is 1. The highest BCUT2D eigenvalue weighted by molar-refractivity contribution is 7.85. The molecule has 1 fully saturated rings. The molecule has 5 rings (SSSR count). The number of fused-ring (bicyclic) bond motifs is 5. The number of phenols is 1. The molecule has 4 heterocycles. The molecule has 0 spiro atoms. The second kappa shape index (κ2) is 29.2. The summed E-state index contributed by atoms with van der Waals surface area (Å²) in [6.07, 6.45) is -3.67. The predicted octanol–water partition coefficient (Wildman–Crippen LogP) is -3.10. The first-order chi connectivity index (χ1) is 38.1. The summed E-state index contributed by atoms with van der Waals surface area (Å²) in [5, 5.41) is 55.4. The number of alkyl carbamates (subject to hydrolysis) is 2. The molecular formula is C51H76N12O17S. The molecule has 81 heavy (non-hydrogen) atoms. The summed E-state index contributed by atoms with van der Waals surface area (Å²) >= 11 is 0. The maximum absolute atomic E-state index is 14.9. The fourth-order valence-corrected chi connectivity index (χ4v) is 10.6. The lowest BCUT2D eigenvalue weighted by molar-refractivity contribution is -0.144. The Morgan fingerprint density at radius 2 is 1.46 bits per heavy atom. The molecule has 1 aromatic carbocycles. The van der Waals surface area contributed by atoms with Gasteiger partial charge in [0.1, 0.15) is 59.2 Å². The molecule has 0 radical (unpaired) electrons. The predicted molar refractivity (Wildman–Crippen MR) is 287 cm³/mol. The van der Waals surface area contributed by atoms with Crippen molar-refractivity contribution in [3.05, 3.63) is 23.8 Å². The van der Waals surface area contributed by atoms with Crippen molar-refractivity contribution in [2.24, 2.45) is 17.6 Å². The van der Waals surface area contributed by atoms with Crippen molar-refractivity contribution in [1.82, 2.24) is 57.7 Å². The van der Waals surface area contributed by atoms with Crippen molar-refractivity contribution >= 4 is 87.1 Å². The van der Waals surface area contributed by atoms with E-state index >= 15 is 0 Å². The highest BCUT2D eigenvalue weighted by Crippen LogP contribution is 2.30. The number of benzene rings is 1. The minimum atomic E-state index is -2.43. The van der Waals surface area contributed by atoms with Gasteiger partial charge in [-0.3, -0.25) is 47.4 Å². The Balaban J connectivity index is 1.53. The van der Waals surface area contributed by atoms with Gasteiger partial charge in [-0.05, 0) is 57.2 Å². The van der Waals surface area contributed by atoms with E-state index in [1.165, 1.54) is 25.1 Å². The van der Waals surface area contributed by atoms with Crippen LogP contribution in [-0.4, -0.2) is 194 Å². The van der Waals surface area contributed by atoms with Crippen LogP contribution in [0, 0.1) is 11.8 Å². The number of aromatic hydroxyl groups is 1. The Morgan fingerprint density at radius 1 is 0.815 bits per heavy atom. The van der Waals surface area contributed by atoms with Crippen molar-refractivity contribution in [3.63, 3.8) is 0 Å². The summed E-state index contributed by atoms with van der Waals surface area (Å²) in [5.41, 5.74) is 5.10. The number of nitrogens with zero attached hydrogens (tertiary/aromatic N) is 1. The Kier molecular flexibility index (Phi) is 23.2. The van der Waals surface area contributed by atoms with Gasteiger partial charge in [-0.1, -0.05) is 40.0 Å². The average molecular weight is 1160 g/mol. The van der Waals surface area contributed by atoms with Crippen LogP contribution in [0.5, 0.6) is 5.75 Å². The highest BCUT2D eigenvalue weighted by atomic mass is 32.2. The molecule has 2 bridgehead atoms. The summed E-state index contributed by atoms with van der Waals surface area (Å²) in [4.78, 5) is 155. The SMILES string of the molecule is CC[C@H](C)[C@@H]1NC(=O)CNC(=O)C2Cc3c([nH]c4cc(O)ccc34)[S@](=O)CC(NC(=O)CNC1=O)C(=O)N[C@@H](CC(N)=O)C(=O)N1C[C@H](O)C[C@H]1C(=O)N[C@@H]([C@@H](C)[C@@H](O)COC(=O)NCCCCCCNC(=O)OC(C)(C)C)C(=O)N2. The minimum absolute atomic E-state index is 0.0469. The van der Waals surface area contributed by atoms with E-state index in [4.69, 9.17) is 15.2 Å². The molecule has 2 unspecified atom stereocenters. The second-order valence-corrected chi connectivity index (χ2v) is 22.8. The molecule has 1 saturated heterocycles. The number of H-pyrrole nitrogens is 1. The largest absolute Gasteiger partial charge is 0.508 e. The van der Waals surface area contributed by atoms with E-state index in [1.807, 2.05) is 0 Å². The summed E-state index contributed by atoms with van der Waals surface area (Å²) in [6, 6.07) is -6.38. The number of unbranched alkanes of at least 4 members (excludes halogenated alkanes) is 3. The molecule has 0 saturated carbocycles. The van der Waals surface area contributed by atoms with Crippen molar-refractivity contribution < 1.29 is 81.7 Å². The standard InChI is InChI=1S/C51H76N12O17S/c1-7-25(2)40-45(73)56-20-38(68)57-34-24-81(78)47-30(29-13-12-27(64)16-31(29)60-47)18-32(42(70)55-21-39(69)61-40)58-46(74)41(62-44(72)35-17-28(65)22-63(35)48(75)33(19-37(52)67)59-43(34)71)26(3)36(66)23-79-49(76)53-14-10-8-9-11-15-54-50(77)80-51(4,5)6/h12-13,16,25-26,28,32-36,40-41,60,64-66H,7-11,14-15,17-24H2,1-6H3,(H2,52,67)(H,53,76)(H,54,77)(H,55,70)(H,56,73)(H,57,68)(H,58,74)(H,59,71)(H,61,69)(H,62,72)/t25-,26-,28+,32?,33-,34?,35-,36-,40-,41-,81+/m0/s1. The topological polar surface area (TPSA) is 437 Å². The maximum Gasteiger partial charge on any atom is 0.407 e. The summed E-state index contributed by atoms with van der Waals surface area (Å²) in [5.74, 6) is -12.5. The van der Waals surface area contributed by atoms with Crippen LogP contribution in [0.4, 0.5) is 9.59 Å². The second-order valence-electron chi connectivity index (χ2n) is 21.3. The zero-order valence-electron chi connectivity index (χ0n) is 46.1. The van der Waals surface area contributed by atoms with E-state index in [1.54, 1.807) is 34.6 Å². The van der Waals surface area contributed by atoms with Crippen LogP contribution in [0.3, 0.4) is 0 Å². The number of nitrogens with two attached hydrogens (primary N) is 1. The lowest BCUT2D eigenvalue weighted by Crippen LogP contribution is -2.62. The van der Waals surface area contributed by atoms with Crippen LogP contribution in [0.1, 0.15) is 92.1 Å². The number of aliphatic hydroxyl groups excluding tert-OH is 2. The molecular weight excluding hydrogens is 1080 g/mol. The monoisotopic (exact) mass is 1160 g/mol. The van der Waals surface area contributed by atoms with Gasteiger partial charge in [0.05, 0.1) is 53.8 Å². The Hall–Kier alpha value is -7.60. The number of aliphatic hydroxyl groups is 2. The van der Waals surface area contributed by atoms with E-state index < -0.39 is 193 Å². The number of phenolic OH excluding ortho intramolecular Hbond substituents is 1. The molecule has 0 aliphatic carbocycles. The van der Waals surface area contributed by atoms with Crippen LogP contribution in [0.2, 0.25) is 0 Å². The number of carbonyl (C=O) groups is 11. The normalized spacial score (nSPS) is 25.0. The third-order valence-electron chi connectivity index (χ3n) is 13.8. The molecule has 3 aliphatic heterocycles. The highest BCUT2D eigenvalue weighted by Gasteiger charge is 2.45. The van der Waals surface area contributed by atoms with Gasteiger partial charge >= 0.3 is 12.2 Å². The third kappa shape index (κ3) is 18.7. The average Bonchev–Trinajstić information content (AvgIpc) is 4.20. The number of ether oxygens (including phenoxy) is 2. The summed E-state index contributed by atoms with van der Waals surface area (Å²) in [7, 11) is -2.43. The zero-order chi connectivity index (χ0) is 59.9. The number of rotatable bonds is 15. The van der Waals surface area contributed by atoms with Crippen molar-refractivity contribution in [1.29, 1.82) is 0 Å². The maximum atomic E-state index is 14.9. The van der Waals surface area contributed by atoms with Gasteiger partial charge in [0.2, 0.25) is 53.2 Å². The van der Waals surface area contributed by atoms with Gasteiger partial charge in [0.25, 0.3) is 0 Å². The molecule has 2 aromatic rings. The van der Waals surface area contributed by atoms with Gasteiger partial charge in [-0.25, -0.2) is 9.59 Å². The van der Waals surface area contributed by atoms with Crippen LogP contribution >= 0.6 is 0 Å². The Bertz CT molecular complexity index is 2700. The molecule has 15 N–H and O–H groups in total. The number of hydrogen-bond donors (Lipinski definition) is 14. The number of aromatic nitrogens is 1. The molecule has 3 aliphatic rings. The van der Waals surface area contributed by atoms with Crippen LogP contribution in [0.15, 0.2) is 23.2 Å². The van der Waals surface area contributed by atoms with E-state index in [-0.39, 0.29) is 33.8 Å². The van der Waals surface area contributed by atoms with Gasteiger partial charge in [-0.2, -0.15) is 0 Å². The van der Waals surface area contributed by atoms with Crippen molar-refractivity contribution in [2.45, 2.75) is 152 Å². The van der Waals surface area contributed by atoms with Crippen LogP contribution in [-0.2, 0) is 69.8 Å². The Morgan fingerprint density at radius 3 is 2.10 bits per heavy atom. The smallest absolute Gasteiger partial charge is 0.407 e. The number of hydrogen-bond acceptors (Lipinski definition) is 17. The molecule has 448 valence electrons. The molecule has 29 nitrogen and oxygen atoms in total. The fourth-order valence-electron chi connectivity index (χ4n) is 9.20. The molecule has 1 aromatic heterocycles. The first-order valence-electron chi connectivity index (χ1n) is 26.8. The Labute approximate surface area is 469 Å². The van der Waals surface area contributed by atoms with Gasteiger partial charge < -0.3 is 88.3 Å². The van der Waals surface area contributed by atoms with E-state index in [2.05, 4.69) is 52.8 Å². The van der Waals surface area contributed by atoms with Crippen LogP contribution in [0.25, 0.3) is 10.9 Å².